The van der Waals surface area contributed by atoms with Crippen LogP contribution in [-0.4, -0.2) is 49.6 Å². The lowest BCUT2D eigenvalue weighted by molar-refractivity contribution is -0.118. The normalized spacial score (nSPS) is 14.9. The van der Waals surface area contributed by atoms with Crippen LogP contribution in [0, 0.1) is 0 Å². The quantitative estimate of drug-likeness (QED) is 0.775. The lowest BCUT2D eigenvalue weighted by atomic mass is 9.98. The number of hydrogen-bond donors (Lipinski definition) is 1. The summed E-state index contributed by atoms with van der Waals surface area (Å²) in [5.74, 6) is 0.772. The van der Waals surface area contributed by atoms with Gasteiger partial charge in [0, 0.05) is 24.3 Å². The molecular formula is C23H28N2O4. The first-order chi connectivity index (χ1) is 14.1. The number of carbonyl (C=O) groups excluding carboxylic acids is 2. The number of carbonyl (C=O) groups is 2. The van der Waals surface area contributed by atoms with Gasteiger partial charge in [-0.15, -0.1) is 0 Å². The summed E-state index contributed by atoms with van der Waals surface area (Å²) in [5.41, 5.74) is 2.22. The van der Waals surface area contributed by atoms with Gasteiger partial charge in [-0.05, 0) is 42.2 Å². The van der Waals surface area contributed by atoms with Gasteiger partial charge >= 0.3 is 0 Å². The number of rotatable bonds is 7. The molecule has 2 aromatic carbocycles. The Balaban J connectivity index is 1.59. The van der Waals surface area contributed by atoms with E-state index in [4.69, 9.17) is 9.47 Å². The second kappa shape index (κ2) is 10.1. The smallest absolute Gasteiger partial charge is 0.262 e. The number of para-hydroxylation sites is 1. The van der Waals surface area contributed by atoms with Crippen LogP contribution in [0.25, 0.3) is 0 Å². The largest absolute Gasteiger partial charge is 0.483 e. The summed E-state index contributed by atoms with van der Waals surface area (Å²) >= 11 is 0. The van der Waals surface area contributed by atoms with E-state index in [1.54, 1.807) is 29.2 Å². The molecule has 154 valence electrons. The number of hydrogen-bond acceptors (Lipinski definition) is 4. The lowest BCUT2D eigenvalue weighted by Crippen LogP contribution is -2.40. The fraction of sp³-hybridized carbons (Fsp3) is 0.391. The standard InChI is InChI=1S/C23H28N2O4/c1-3-17(2)20-9-4-5-10-21(20)29-16-22(26)24-19-8-6-7-18(15-19)23(27)25-11-13-28-14-12-25/h4-10,15,17H,3,11-14,16H2,1-2H3,(H,24,26)/t17-/m0/s1. The predicted molar refractivity (Wildman–Crippen MR) is 112 cm³/mol. The molecule has 1 aliphatic heterocycles. The lowest BCUT2D eigenvalue weighted by Gasteiger charge is -2.27. The van der Waals surface area contributed by atoms with Crippen LogP contribution in [0.4, 0.5) is 5.69 Å². The maximum absolute atomic E-state index is 12.6. The SMILES string of the molecule is CC[C@H](C)c1ccccc1OCC(=O)Nc1cccc(C(=O)N2CCOCC2)c1. The number of morpholine rings is 1. The van der Waals surface area contributed by atoms with Crippen molar-refractivity contribution in [2.24, 2.45) is 0 Å². The molecule has 0 aliphatic carbocycles. The Hall–Kier alpha value is -2.86. The molecule has 1 saturated heterocycles. The molecule has 1 atom stereocenters. The van der Waals surface area contributed by atoms with Crippen LogP contribution in [0.1, 0.15) is 42.1 Å². The van der Waals surface area contributed by atoms with E-state index in [1.807, 2.05) is 24.3 Å². The summed E-state index contributed by atoms with van der Waals surface area (Å²) in [6.07, 6.45) is 0.997. The summed E-state index contributed by atoms with van der Waals surface area (Å²) in [5, 5.41) is 2.81. The molecule has 3 rings (SSSR count). The minimum absolute atomic E-state index is 0.0527. The second-order valence-corrected chi connectivity index (χ2v) is 7.17. The van der Waals surface area contributed by atoms with Crippen molar-refractivity contribution in [1.82, 2.24) is 4.90 Å². The topological polar surface area (TPSA) is 67.9 Å². The molecule has 1 heterocycles. The van der Waals surface area contributed by atoms with Crippen molar-refractivity contribution in [2.45, 2.75) is 26.2 Å². The third-order valence-corrected chi connectivity index (χ3v) is 5.11. The number of ether oxygens (including phenoxy) is 2. The van der Waals surface area contributed by atoms with Gasteiger partial charge in [0.1, 0.15) is 5.75 Å². The van der Waals surface area contributed by atoms with Gasteiger partial charge < -0.3 is 19.7 Å². The molecule has 1 N–H and O–H groups in total. The molecule has 2 aromatic rings. The van der Waals surface area contributed by atoms with E-state index in [9.17, 15) is 9.59 Å². The van der Waals surface area contributed by atoms with Crippen LogP contribution >= 0.6 is 0 Å². The van der Waals surface area contributed by atoms with E-state index in [1.165, 1.54) is 0 Å². The molecule has 1 fully saturated rings. The van der Waals surface area contributed by atoms with Crippen LogP contribution in [0.15, 0.2) is 48.5 Å². The van der Waals surface area contributed by atoms with Crippen molar-refractivity contribution in [3.05, 3.63) is 59.7 Å². The Morgan fingerprint density at radius 1 is 1.14 bits per heavy atom. The van der Waals surface area contributed by atoms with Gasteiger partial charge in [0.25, 0.3) is 11.8 Å². The van der Waals surface area contributed by atoms with E-state index in [0.29, 0.717) is 43.5 Å². The van der Waals surface area contributed by atoms with Crippen LogP contribution in [-0.2, 0) is 9.53 Å². The van der Waals surface area contributed by atoms with Crippen LogP contribution in [0.3, 0.4) is 0 Å². The van der Waals surface area contributed by atoms with Gasteiger partial charge in [-0.25, -0.2) is 0 Å². The fourth-order valence-electron chi connectivity index (χ4n) is 3.26. The van der Waals surface area contributed by atoms with Gasteiger partial charge in [-0.3, -0.25) is 9.59 Å². The molecule has 0 bridgehead atoms. The molecule has 0 aromatic heterocycles. The highest BCUT2D eigenvalue weighted by molar-refractivity contribution is 5.97. The molecule has 29 heavy (non-hydrogen) atoms. The highest BCUT2D eigenvalue weighted by Gasteiger charge is 2.19. The van der Waals surface area contributed by atoms with Crippen LogP contribution < -0.4 is 10.1 Å². The number of amides is 2. The van der Waals surface area contributed by atoms with E-state index in [2.05, 4.69) is 19.2 Å². The van der Waals surface area contributed by atoms with Crippen molar-refractivity contribution in [2.75, 3.05) is 38.2 Å². The van der Waals surface area contributed by atoms with Crippen molar-refractivity contribution in [3.63, 3.8) is 0 Å². The molecule has 0 saturated carbocycles. The van der Waals surface area contributed by atoms with Gasteiger partial charge in [0.05, 0.1) is 13.2 Å². The first-order valence-corrected chi connectivity index (χ1v) is 10.1. The number of benzene rings is 2. The van der Waals surface area contributed by atoms with Crippen LogP contribution in [0.2, 0.25) is 0 Å². The van der Waals surface area contributed by atoms with Crippen molar-refractivity contribution in [3.8, 4) is 5.75 Å². The first kappa shape index (κ1) is 20.9. The summed E-state index contributed by atoms with van der Waals surface area (Å²) in [4.78, 5) is 26.7. The van der Waals surface area contributed by atoms with Gasteiger partial charge in [0.15, 0.2) is 6.61 Å². The third-order valence-electron chi connectivity index (χ3n) is 5.11. The first-order valence-electron chi connectivity index (χ1n) is 10.1. The van der Waals surface area contributed by atoms with Gasteiger partial charge in [-0.1, -0.05) is 38.1 Å². The molecule has 2 amide bonds. The monoisotopic (exact) mass is 396 g/mol. The Bertz CT molecular complexity index is 846. The molecule has 6 heteroatoms. The summed E-state index contributed by atoms with van der Waals surface area (Å²) in [7, 11) is 0. The third kappa shape index (κ3) is 5.57. The minimum Gasteiger partial charge on any atom is -0.483 e. The zero-order chi connectivity index (χ0) is 20.6. The average molecular weight is 396 g/mol. The zero-order valence-electron chi connectivity index (χ0n) is 17.0. The van der Waals surface area contributed by atoms with Crippen molar-refractivity contribution in [1.29, 1.82) is 0 Å². The van der Waals surface area contributed by atoms with E-state index in [0.717, 1.165) is 17.7 Å². The number of nitrogens with zero attached hydrogens (tertiary/aromatic N) is 1. The summed E-state index contributed by atoms with van der Waals surface area (Å²) in [6.45, 7) is 6.45. The Morgan fingerprint density at radius 3 is 2.66 bits per heavy atom. The fourth-order valence-corrected chi connectivity index (χ4v) is 3.26. The zero-order valence-corrected chi connectivity index (χ0v) is 17.0. The van der Waals surface area contributed by atoms with Gasteiger partial charge in [-0.2, -0.15) is 0 Å². The molecule has 0 radical (unpaired) electrons. The maximum atomic E-state index is 12.6. The van der Waals surface area contributed by atoms with Crippen LogP contribution in [0.5, 0.6) is 5.75 Å². The minimum atomic E-state index is -0.264. The molecule has 0 spiro atoms. The van der Waals surface area contributed by atoms with E-state index in [-0.39, 0.29) is 18.4 Å². The average Bonchev–Trinajstić information content (AvgIpc) is 2.77. The number of anilines is 1. The van der Waals surface area contributed by atoms with Crippen molar-refractivity contribution >= 4 is 17.5 Å². The molecule has 6 nitrogen and oxygen atoms in total. The molecule has 1 aliphatic rings. The Kier molecular flexibility index (Phi) is 7.25. The van der Waals surface area contributed by atoms with E-state index < -0.39 is 0 Å². The second-order valence-electron chi connectivity index (χ2n) is 7.17. The molecule has 0 unspecified atom stereocenters. The number of nitrogens with one attached hydrogen (secondary N) is 1. The van der Waals surface area contributed by atoms with Crippen molar-refractivity contribution < 1.29 is 19.1 Å². The summed E-state index contributed by atoms with van der Waals surface area (Å²) < 4.78 is 11.1. The molecular weight excluding hydrogens is 368 g/mol. The maximum Gasteiger partial charge on any atom is 0.262 e. The van der Waals surface area contributed by atoms with Gasteiger partial charge in [0.2, 0.25) is 0 Å². The van der Waals surface area contributed by atoms with E-state index >= 15 is 0 Å². The Morgan fingerprint density at radius 2 is 1.90 bits per heavy atom. The highest BCUT2D eigenvalue weighted by Crippen LogP contribution is 2.28. The Labute approximate surface area is 171 Å². The predicted octanol–water partition coefficient (Wildman–Crippen LogP) is 3.69. The summed E-state index contributed by atoms with van der Waals surface area (Å²) in [6, 6.07) is 14.8. The highest BCUT2D eigenvalue weighted by atomic mass is 16.5.